The molecule has 2 heteroatoms. The van der Waals surface area contributed by atoms with Crippen LogP contribution in [-0.2, 0) is 6.42 Å². The van der Waals surface area contributed by atoms with Gasteiger partial charge in [0.05, 0.1) is 0 Å². The molecule has 1 rings (SSSR count). The molecule has 0 unspecified atom stereocenters. The van der Waals surface area contributed by atoms with Crippen molar-refractivity contribution in [2.45, 2.75) is 13.3 Å². The predicted octanol–water partition coefficient (Wildman–Crippen LogP) is 1.68. The van der Waals surface area contributed by atoms with Crippen molar-refractivity contribution in [3.63, 3.8) is 0 Å². The highest BCUT2D eigenvalue weighted by atomic mass is 15.0. The zero-order valence-electron chi connectivity index (χ0n) is 7.62. The molecular weight excluding hydrogens is 148 g/mol. The third-order valence-corrected chi connectivity index (χ3v) is 1.85. The van der Waals surface area contributed by atoms with Crippen molar-refractivity contribution in [1.82, 2.24) is 4.57 Å². The molecule has 0 fully saturated rings. The predicted molar refractivity (Wildman–Crippen MR) is 51.7 cm³/mol. The van der Waals surface area contributed by atoms with Gasteiger partial charge in [0.25, 0.3) is 0 Å². The van der Waals surface area contributed by atoms with Crippen molar-refractivity contribution in [3.05, 3.63) is 36.0 Å². The lowest BCUT2D eigenvalue weighted by Gasteiger charge is -2.02. The van der Waals surface area contributed by atoms with Crippen LogP contribution >= 0.6 is 0 Å². The van der Waals surface area contributed by atoms with Crippen molar-refractivity contribution in [2.24, 2.45) is 4.99 Å². The fourth-order valence-corrected chi connectivity index (χ4v) is 1.10. The van der Waals surface area contributed by atoms with E-state index in [1.807, 2.05) is 10.6 Å². The smallest absolute Gasteiger partial charge is 0.131 e. The molecule has 0 spiro atoms. The molecule has 0 saturated carbocycles. The van der Waals surface area contributed by atoms with Crippen molar-refractivity contribution in [3.8, 4) is 0 Å². The van der Waals surface area contributed by atoms with Gasteiger partial charge in [-0.3, -0.25) is 4.99 Å². The second kappa shape index (κ2) is 3.90. The van der Waals surface area contributed by atoms with E-state index in [9.17, 15) is 0 Å². The summed E-state index contributed by atoms with van der Waals surface area (Å²) >= 11 is 0. The van der Waals surface area contributed by atoms with Crippen LogP contribution in [0.2, 0.25) is 0 Å². The van der Waals surface area contributed by atoms with Gasteiger partial charge in [0.15, 0.2) is 0 Å². The van der Waals surface area contributed by atoms with Crippen molar-refractivity contribution in [1.29, 1.82) is 0 Å². The third-order valence-electron chi connectivity index (χ3n) is 1.85. The summed E-state index contributed by atoms with van der Waals surface area (Å²) in [4.78, 5) is 4.11. The van der Waals surface area contributed by atoms with Gasteiger partial charge >= 0.3 is 0 Å². The number of nitrogens with zero attached hydrogens (tertiary/aromatic N) is 2. The molecule has 0 N–H and O–H groups in total. The Morgan fingerprint density at radius 1 is 1.58 bits per heavy atom. The first-order chi connectivity index (χ1) is 5.81. The molecule has 0 aromatic carbocycles. The average Bonchev–Trinajstić information content (AvgIpc) is 2.16. The Morgan fingerprint density at radius 3 is 2.83 bits per heavy atom. The molecular formula is C10H14N2. The third kappa shape index (κ3) is 1.64. The van der Waals surface area contributed by atoms with Crippen molar-refractivity contribution in [2.75, 3.05) is 7.05 Å². The second-order valence-electron chi connectivity index (χ2n) is 2.56. The summed E-state index contributed by atoms with van der Waals surface area (Å²) in [5.74, 6) is 0. The van der Waals surface area contributed by atoms with Gasteiger partial charge < -0.3 is 4.57 Å². The maximum atomic E-state index is 4.11. The highest BCUT2D eigenvalue weighted by molar-refractivity contribution is 5.21. The van der Waals surface area contributed by atoms with Crippen LogP contribution in [0.15, 0.2) is 29.9 Å². The quantitative estimate of drug-likeness (QED) is 0.629. The van der Waals surface area contributed by atoms with E-state index in [-0.39, 0.29) is 0 Å². The maximum Gasteiger partial charge on any atom is 0.131 e. The lowest BCUT2D eigenvalue weighted by atomic mass is 10.2. The molecule has 0 amide bonds. The molecule has 12 heavy (non-hydrogen) atoms. The number of pyridine rings is 1. The fourth-order valence-electron chi connectivity index (χ4n) is 1.10. The number of aromatic nitrogens is 1. The highest BCUT2D eigenvalue weighted by Crippen LogP contribution is 1.96. The molecule has 0 bridgehead atoms. The van der Waals surface area contributed by atoms with E-state index < -0.39 is 0 Å². The van der Waals surface area contributed by atoms with Gasteiger partial charge in [-0.05, 0) is 18.1 Å². The molecule has 0 atom stereocenters. The first-order valence-electron chi connectivity index (χ1n) is 4.08. The summed E-state index contributed by atoms with van der Waals surface area (Å²) in [6, 6.07) is 4.09. The Morgan fingerprint density at radius 2 is 2.33 bits per heavy atom. The second-order valence-corrected chi connectivity index (χ2v) is 2.56. The zero-order chi connectivity index (χ0) is 8.97. The lowest BCUT2D eigenvalue weighted by molar-refractivity contribution is 0.957. The minimum Gasteiger partial charge on any atom is -0.309 e. The van der Waals surface area contributed by atoms with E-state index >= 15 is 0 Å². The van der Waals surface area contributed by atoms with Crippen LogP contribution in [0.5, 0.6) is 0 Å². The number of hydrogen-bond donors (Lipinski definition) is 0. The first kappa shape index (κ1) is 8.78. The first-order valence-corrected chi connectivity index (χ1v) is 4.08. The molecule has 64 valence electrons. The summed E-state index contributed by atoms with van der Waals surface area (Å²) in [5.41, 5.74) is 2.23. The largest absolute Gasteiger partial charge is 0.309 e. The molecule has 0 aliphatic heterocycles. The van der Waals surface area contributed by atoms with Crippen LogP contribution in [0, 0.1) is 0 Å². The van der Waals surface area contributed by atoms with E-state index in [4.69, 9.17) is 0 Å². The average molecular weight is 162 g/mol. The molecule has 0 radical (unpaired) electrons. The number of rotatable bonds is 2. The zero-order valence-corrected chi connectivity index (χ0v) is 7.62. The minimum absolute atomic E-state index is 0.933. The summed E-state index contributed by atoms with van der Waals surface area (Å²) < 4.78 is 1.93. The SMILES string of the molecule is C=Cn1cc(CC)ccc1=NC. The van der Waals surface area contributed by atoms with Crippen LogP contribution in [0.3, 0.4) is 0 Å². The van der Waals surface area contributed by atoms with Gasteiger partial charge in [-0.2, -0.15) is 0 Å². The van der Waals surface area contributed by atoms with E-state index in [2.05, 4.69) is 30.8 Å². The van der Waals surface area contributed by atoms with Crippen LogP contribution in [-0.4, -0.2) is 11.6 Å². The monoisotopic (exact) mass is 162 g/mol. The van der Waals surface area contributed by atoms with Gasteiger partial charge in [-0.15, -0.1) is 0 Å². The minimum atomic E-state index is 0.933. The van der Waals surface area contributed by atoms with Crippen LogP contribution in [0.4, 0.5) is 0 Å². The summed E-state index contributed by atoms with van der Waals surface area (Å²) in [6.07, 6.45) is 4.86. The van der Waals surface area contributed by atoms with Crippen LogP contribution in [0.1, 0.15) is 12.5 Å². The molecule has 2 nitrogen and oxygen atoms in total. The molecule has 1 heterocycles. The standard InChI is InChI=1S/C10H14N2/c1-4-9-6-7-10(11-3)12(5-2)8-9/h5-8H,2,4H2,1,3H3. The molecule has 0 aliphatic carbocycles. The van der Waals surface area contributed by atoms with Crippen molar-refractivity contribution >= 4 is 6.20 Å². The van der Waals surface area contributed by atoms with Gasteiger partial charge in [0.1, 0.15) is 5.49 Å². The normalized spacial score (nSPS) is 11.7. The molecule has 1 aromatic heterocycles. The van der Waals surface area contributed by atoms with Crippen molar-refractivity contribution < 1.29 is 0 Å². The topological polar surface area (TPSA) is 17.3 Å². The van der Waals surface area contributed by atoms with Gasteiger partial charge in [-0.25, -0.2) is 0 Å². The summed E-state index contributed by atoms with van der Waals surface area (Å²) in [6.45, 7) is 5.85. The Bertz CT molecular complexity index is 334. The Hall–Kier alpha value is -1.31. The van der Waals surface area contributed by atoms with Crippen LogP contribution < -0.4 is 5.49 Å². The fraction of sp³-hybridized carbons (Fsp3) is 0.300. The van der Waals surface area contributed by atoms with Gasteiger partial charge in [-0.1, -0.05) is 19.6 Å². The van der Waals surface area contributed by atoms with Gasteiger partial charge in [0, 0.05) is 19.4 Å². The number of hydrogen-bond acceptors (Lipinski definition) is 1. The molecule has 0 saturated heterocycles. The van der Waals surface area contributed by atoms with E-state index in [0.717, 1.165) is 11.9 Å². The summed E-state index contributed by atoms with van der Waals surface area (Å²) in [5, 5.41) is 0. The van der Waals surface area contributed by atoms with E-state index in [1.54, 1.807) is 13.2 Å². The number of aryl methyl sites for hydroxylation is 1. The maximum absolute atomic E-state index is 4.11. The van der Waals surface area contributed by atoms with E-state index in [1.165, 1.54) is 5.56 Å². The van der Waals surface area contributed by atoms with E-state index in [0.29, 0.717) is 0 Å². The Kier molecular flexibility index (Phi) is 2.86. The van der Waals surface area contributed by atoms with Crippen LogP contribution in [0.25, 0.3) is 6.20 Å². The van der Waals surface area contributed by atoms with Gasteiger partial charge in [0.2, 0.25) is 0 Å². The highest BCUT2D eigenvalue weighted by Gasteiger charge is 1.90. The summed E-state index contributed by atoms with van der Waals surface area (Å²) in [7, 11) is 1.78. The Balaban J connectivity index is 3.30. The molecule has 1 aromatic rings. The lowest BCUT2D eigenvalue weighted by Crippen LogP contribution is -2.15. The molecule has 0 aliphatic rings. The Labute approximate surface area is 72.9 Å².